The zero-order valence-corrected chi connectivity index (χ0v) is 24.9. The molecule has 1 heterocycles. The smallest absolute Gasteiger partial charge is 0.136 e. The van der Waals surface area contributed by atoms with Crippen LogP contribution in [0.3, 0.4) is 0 Å². The highest BCUT2D eigenvalue weighted by Gasteiger charge is 2.21. The van der Waals surface area contributed by atoms with Gasteiger partial charge < -0.3 is 4.42 Å². The van der Waals surface area contributed by atoms with Crippen molar-refractivity contribution in [3.8, 4) is 33.4 Å². The number of furan rings is 1. The first kappa shape index (κ1) is 18.7. The van der Waals surface area contributed by atoms with Crippen LogP contribution in [0, 0.1) is 0 Å². The van der Waals surface area contributed by atoms with Crippen LogP contribution < -0.4 is 0 Å². The Balaban J connectivity index is 1.41. The molecule has 47 heavy (non-hydrogen) atoms. The van der Waals surface area contributed by atoms with Gasteiger partial charge in [0.15, 0.2) is 0 Å². The van der Waals surface area contributed by atoms with E-state index in [2.05, 4.69) is 36.4 Å². The number of hydrogen-bond acceptors (Lipinski definition) is 1. The summed E-state index contributed by atoms with van der Waals surface area (Å²) in [6.45, 7) is 0. The van der Waals surface area contributed by atoms with Gasteiger partial charge in [-0.05, 0) is 107 Å². The van der Waals surface area contributed by atoms with Crippen molar-refractivity contribution in [2.45, 2.75) is 0 Å². The van der Waals surface area contributed by atoms with Crippen LogP contribution in [-0.2, 0) is 0 Å². The minimum atomic E-state index is -0.533. The minimum absolute atomic E-state index is 0.0540. The van der Waals surface area contributed by atoms with Crippen molar-refractivity contribution in [1.82, 2.24) is 0 Å². The third kappa shape index (κ3) is 3.97. The van der Waals surface area contributed by atoms with Crippen molar-refractivity contribution in [3.63, 3.8) is 0 Å². The Hall–Kier alpha value is -6.18. The molecule has 9 aromatic carbocycles. The van der Waals surface area contributed by atoms with E-state index in [0.717, 1.165) is 54.6 Å². The van der Waals surface area contributed by atoms with Gasteiger partial charge in [-0.2, -0.15) is 0 Å². The van der Waals surface area contributed by atoms with E-state index < -0.39 is 30.2 Å². The lowest BCUT2D eigenvalue weighted by atomic mass is 9.83. The van der Waals surface area contributed by atoms with Gasteiger partial charge in [0.05, 0.1) is 12.3 Å². The standard InChI is InChI=1S/C46H28O/c1-2-13-29(14-3-1)33-25-32-17-6-7-18-34(32)40(27-33)45-37-21-10-8-19-35(37)44(36-20-9-11-22-38(36)45)39-23-12-24-42-46(39)41-26-30-15-4-5-16-31(30)28-43(41)47-42/h1-28H/i4D,5D,12D,15D,16D,23D,24D,26D,28D. The van der Waals surface area contributed by atoms with Crippen LogP contribution in [0.15, 0.2) is 174 Å². The van der Waals surface area contributed by atoms with E-state index in [-0.39, 0.29) is 62.4 Å². The van der Waals surface area contributed by atoms with Gasteiger partial charge in [-0.1, -0.05) is 139 Å². The summed E-state index contributed by atoms with van der Waals surface area (Å²) < 4.78 is 86.4. The summed E-state index contributed by atoms with van der Waals surface area (Å²) in [7, 11) is 0. The Morgan fingerprint density at radius 3 is 1.70 bits per heavy atom. The van der Waals surface area contributed by atoms with Crippen LogP contribution in [-0.4, -0.2) is 0 Å². The van der Waals surface area contributed by atoms with E-state index in [0.29, 0.717) is 5.56 Å². The maximum atomic E-state index is 9.52. The molecule has 0 bridgehead atoms. The Bertz CT molecular complexity index is 3300. The lowest BCUT2D eigenvalue weighted by Crippen LogP contribution is -1.93. The van der Waals surface area contributed by atoms with Gasteiger partial charge in [0.2, 0.25) is 0 Å². The maximum Gasteiger partial charge on any atom is 0.136 e. The fourth-order valence-corrected chi connectivity index (χ4v) is 7.11. The molecule has 0 unspecified atom stereocenters. The highest BCUT2D eigenvalue weighted by atomic mass is 16.3. The summed E-state index contributed by atoms with van der Waals surface area (Å²) >= 11 is 0. The zero-order valence-electron chi connectivity index (χ0n) is 33.9. The highest BCUT2D eigenvalue weighted by Crippen LogP contribution is 2.48. The Labute approximate surface area is 284 Å². The van der Waals surface area contributed by atoms with Crippen LogP contribution in [0.25, 0.3) is 98.4 Å². The molecule has 0 fully saturated rings. The fraction of sp³-hybridized carbons (Fsp3) is 0. The number of benzene rings is 9. The molecule has 0 amide bonds. The van der Waals surface area contributed by atoms with Gasteiger partial charge in [0, 0.05) is 10.8 Å². The van der Waals surface area contributed by atoms with Crippen LogP contribution in [0.2, 0.25) is 0 Å². The molecule has 1 nitrogen and oxygen atoms in total. The molecule has 0 aliphatic heterocycles. The van der Waals surface area contributed by atoms with Crippen molar-refractivity contribution in [1.29, 1.82) is 0 Å². The SMILES string of the molecule is [2H]c1c([2H])c(-c2c3ccccc3c(-c3cc(-c4ccccc4)cc4ccccc34)c3ccccc23)c2c(oc3c([2H])c4c([2H])c([2H])c([2H])c([2H])c4c([2H])c32)c1[2H]. The van der Waals surface area contributed by atoms with Crippen LogP contribution in [0.4, 0.5) is 0 Å². The summed E-state index contributed by atoms with van der Waals surface area (Å²) in [5.41, 5.74) is 4.73. The molecule has 0 atom stereocenters. The normalized spacial score (nSPS) is 14.5. The second-order valence-corrected chi connectivity index (χ2v) is 11.7. The van der Waals surface area contributed by atoms with E-state index in [4.69, 9.17) is 12.6 Å². The molecule has 1 heteroatoms. The first-order valence-electron chi connectivity index (χ1n) is 20.0. The molecular formula is C46H28O. The molecule has 0 saturated carbocycles. The number of rotatable bonds is 3. The fourth-order valence-electron chi connectivity index (χ4n) is 7.11. The van der Waals surface area contributed by atoms with E-state index in [9.17, 15) is 4.11 Å². The van der Waals surface area contributed by atoms with Crippen molar-refractivity contribution in [3.05, 3.63) is 170 Å². The molecular weight excluding hydrogens is 569 g/mol. The maximum absolute atomic E-state index is 9.52. The predicted molar refractivity (Wildman–Crippen MR) is 200 cm³/mol. The third-order valence-electron chi connectivity index (χ3n) is 9.12. The van der Waals surface area contributed by atoms with E-state index in [1.165, 1.54) is 0 Å². The van der Waals surface area contributed by atoms with Gasteiger partial charge in [-0.15, -0.1) is 0 Å². The number of hydrogen-bond donors (Lipinski definition) is 0. The summed E-state index contributed by atoms with van der Waals surface area (Å²) in [6, 6.07) is 35.0. The Morgan fingerprint density at radius 1 is 0.404 bits per heavy atom. The van der Waals surface area contributed by atoms with Gasteiger partial charge in [0.1, 0.15) is 11.2 Å². The number of fused-ring (bicyclic) bond motifs is 7. The van der Waals surface area contributed by atoms with Crippen LogP contribution in [0.1, 0.15) is 12.3 Å². The average molecular weight is 606 g/mol. The monoisotopic (exact) mass is 605 g/mol. The molecule has 0 radical (unpaired) electrons. The lowest BCUT2D eigenvalue weighted by molar-refractivity contribution is 0.669. The Kier molecular flexibility index (Phi) is 4.05. The molecule has 0 saturated heterocycles. The first-order chi connectivity index (χ1) is 27.1. The van der Waals surface area contributed by atoms with E-state index in [1.807, 2.05) is 78.9 Å². The highest BCUT2D eigenvalue weighted by molar-refractivity contribution is 6.27. The molecule has 0 aliphatic carbocycles. The van der Waals surface area contributed by atoms with Crippen molar-refractivity contribution in [2.75, 3.05) is 0 Å². The van der Waals surface area contributed by atoms with Gasteiger partial charge in [0.25, 0.3) is 0 Å². The largest absolute Gasteiger partial charge is 0.456 e. The average Bonchev–Trinajstić information content (AvgIpc) is 3.63. The van der Waals surface area contributed by atoms with Crippen molar-refractivity contribution in [2.24, 2.45) is 0 Å². The van der Waals surface area contributed by atoms with Crippen LogP contribution >= 0.6 is 0 Å². The second-order valence-electron chi connectivity index (χ2n) is 11.7. The lowest BCUT2D eigenvalue weighted by Gasteiger charge is -2.20. The summed E-state index contributed by atoms with van der Waals surface area (Å²) in [5, 5.41) is 5.34. The molecule has 218 valence electrons. The van der Waals surface area contributed by atoms with Gasteiger partial charge >= 0.3 is 0 Å². The first-order valence-corrected chi connectivity index (χ1v) is 15.5. The quantitative estimate of drug-likeness (QED) is 0.183. The predicted octanol–water partition coefficient (Wildman–Crippen LogP) is 13.2. The van der Waals surface area contributed by atoms with Crippen molar-refractivity contribution < 1.29 is 16.8 Å². The summed E-state index contributed by atoms with van der Waals surface area (Å²) in [4.78, 5) is 0. The summed E-state index contributed by atoms with van der Waals surface area (Å²) in [6.07, 6.45) is 0. The minimum Gasteiger partial charge on any atom is -0.456 e. The Morgan fingerprint density at radius 2 is 1.00 bits per heavy atom. The molecule has 10 rings (SSSR count). The third-order valence-corrected chi connectivity index (χ3v) is 9.12. The molecule has 0 N–H and O–H groups in total. The summed E-state index contributed by atoms with van der Waals surface area (Å²) in [5.74, 6) is 0. The zero-order chi connectivity index (χ0) is 38.7. The molecule has 1 aromatic heterocycles. The molecule has 0 spiro atoms. The van der Waals surface area contributed by atoms with Crippen molar-refractivity contribution >= 4 is 65.0 Å². The molecule has 0 aliphatic rings. The molecule has 10 aromatic rings. The van der Waals surface area contributed by atoms with Gasteiger partial charge in [-0.3, -0.25) is 0 Å². The topological polar surface area (TPSA) is 13.1 Å². The van der Waals surface area contributed by atoms with Gasteiger partial charge in [-0.25, -0.2) is 0 Å². The second kappa shape index (κ2) is 10.2. The van der Waals surface area contributed by atoms with E-state index in [1.54, 1.807) is 0 Å². The van der Waals surface area contributed by atoms with Crippen LogP contribution in [0.5, 0.6) is 0 Å². The van der Waals surface area contributed by atoms with E-state index >= 15 is 0 Å².